The van der Waals surface area contributed by atoms with E-state index in [2.05, 4.69) is 10.5 Å². The number of hydrogen-bond acceptors (Lipinski definition) is 4. The molecule has 1 aliphatic heterocycles. The molecular weight excluding hydrogens is 254 g/mol. The van der Waals surface area contributed by atoms with Gasteiger partial charge in [-0.1, -0.05) is 32.0 Å². The topological polar surface area (TPSA) is 76.7 Å². The molecule has 1 atom stereocenters. The molecule has 0 spiro atoms. The highest BCUT2D eigenvalue weighted by Gasteiger charge is 2.16. The first-order chi connectivity index (χ1) is 9.58. The Balaban J connectivity index is 1.96. The van der Waals surface area contributed by atoms with Crippen LogP contribution in [0.25, 0.3) is 6.08 Å². The number of nitrogens with two attached hydrogens (primary N) is 1. The minimum absolute atomic E-state index is 0.0781. The standard InChI is InChI=1S/C15H19N3O2/c1-10(2)14(16)15(19)18-17-8-11-7-12-5-3-4-6-13(12)20-9-11/h3-8,10,14H,9,16H2,1-2H3,(H,18,19)/t14-/m1/s1. The normalized spacial score (nSPS) is 15.5. The van der Waals surface area contributed by atoms with Gasteiger partial charge in [0.15, 0.2) is 0 Å². The first-order valence-corrected chi connectivity index (χ1v) is 6.59. The van der Waals surface area contributed by atoms with Crippen molar-refractivity contribution in [3.8, 4) is 5.75 Å². The highest BCUT2D eigenvalue weighted by molar-refractivity contribution is 5.89. The Labute approximate surface area is 118 Å². The van der Waals surface area contributed by atoms with Gasteiger partial charge in [0.05, 0.1) is 12.3 Å². The molecule has 0 saturated carbocycles. The van der Waals surface area contributed by atoms with Gasteiger partial charge in [0, 0.05) is 11.1 Å². The highest BCUT2D eigenvalue weighted by Crippen LogP contribution is 2.24. The minimum Gasteiger partial charge on any atom is -0.488 e. The number of hydrogen-bond donors (Lipinski definition) is 2. The van der Waals surface area contributed by atoms with Crippen molar-refractivity contribution < 1.29 is 9.53 Å². The van der Waals surface area contributed by atoms with Gasteiger partial charge in [0.2, 0.25) is 0 Å². The van der Waals surface area contributed by atoms with Crippen LogP contribution in [0.15, 0.2) is 34.9 Å². The fourth-order valence-electron chi connectivity index (χ4n) is 1.76. The SMILES string of the molecule is CC(C)[C@@H](N)C(=O)NN=CC1=Cc2ccccc2OC1. The van der Waals surface area contributed by atoms with Crippen LogP contribution < -0.4 is 15.9 Å². The number of nitrogens with one attached hydrogen (secondary N) is 1. The van der Waals surface area contributed by atoms with Crippen LogP contribution in [0.1, 0.15) is 19.4 Å². The fourth-order valence-corrected chi connectivity index (χ4v) is 1.76. The molecule has 0 aliphatic carbocycles. The van der Waals surface area contributed by atoms with E-state index in [1.54, 1.807) is 6.21 Å². The zero-order valence-corrected chi connectivity index (χ0v) is 11.7. The quantitative estimate of drug-likeness (QED) is 0.645. The van der Waals surface area contributed by atoms with Gasteiger partial charge in [0.1, 0.15) is 12.4 Å². The number of hydrazone groups is 1. The van der Waals surface area contributed by atoms with Crippen molar-refractivity contribution in [3.63, 3.8) is 0 Å². The van der Waals surface area contributed by atoms with E-state index >= 15 is 0 Å². The first-order valence-electron chi connectivity index (χ1n) is 6.59. The van der Waals surface area contributed by atoms with Crippen molar-refractivity contribution in [2.75, 3.05) is 6.61 Å². The number of ether oxygens (including phenoxy) is 1. The Morgan fingerprint density at radius 3 is 2.95 bits per heavy atom. The molecule has 1 heterocycles. The lowest BCUT2D eigenvalue weighted by Gasteiger charge is -2.15. The number of para-hydroxylation sites is 1. The van der Waals surface area contributed by atoms with Crippen molar-refractivity contribution >= 4 is 18.2 Å². The Morgan fingerprint density at radius 2 is 2.20 bits per heavy atom. The maximum atomic E-state index is 11.6. The molecule has 1 amide bonds. The highest BCUT2D eigenvalue weighted by atomic mass is 16.5. The summed E-state index contributed by atoms with van der Waals surface area (Å²) in [7, 11) is 0. The van der Waals surface area contributed by atoms with Crippen molar-refractivity contribution in [2.45, 2.75) is 19.9 Å². The molecule has 5 nitrogen and oxygen atoms in total. The summed E-state index contributed by atoms with van der Waals surface area (Å²) in [6.45, 7) is 4.22. The summed E-state index contributed by atoms with van der Waals surface area (Å²) in [4.78, 5) is 11.6. The van der Waals surface area contributed by atoms with Crippen molar-refractivity contribution in [1.29, 1.82) is 0 Å². The Morgan fingerprint density at radius 1 is 1.45 bits per heavy atom. The van der Waals surface area contributed by atoms with Crippen molar-refractivity contribution in [1.82, 2.24) is 5.43 Å². The van der Waals surface area contributed by atoms with Crippen LogP contribution in [0, 0.1) is 5.92 Å². The second-order valence-electron chi connectivity index (χ2n) is 5.05. The van der Waals surface area contributed by atoms with Crippen molar-refractivity contribution in [2.24, 2.45) is 16.8 Å². The maximum Gasteiger partial charge on any atom is 0.257 e. The summed E-state index contributed by atoms with van der Waals surface area (Å²) >= 11 is 0. The number of nitrogens with zero attached hydrogens (tertiary/aromatic N) is 1. The van der Waals surface area contributed by atoms with Gasteiger partial charge in [-0.2, -0.15) is 5.10 Å². The molecule has 106 valence electrons. The third kappa shape index (κ3) is 3.45. The van der Waals surface area contributed by atoms with E-state index in [1.165, 1.54) is 0 Å². The first kappa shape index (κ1) is 14.3. The van der Waals surface area contributed by atoms with E-state index in [0.29, 0.717) is 6.61 Å². The molecule has 1 aromatic rings. The minimum atomic E-state index is -0.551. The predicted molar refractivity (Wildman–Crippen MR) is 79.4 cm³/mol. The van der Waals surface area contributed by atoms with Gasteiger partial charge in [-0.25, -0.2) is 5.43 Å². The predicted octanol–water partition coefficient (Wildman–Crippen LogP) is 1.55. The molecule has 0 fully saturated rings. The van der Waals surface area contributed by atoms with Gasteiger partial charge in [-0.15, -0.1) is 0 Å². The summed E-state index contributed by atoms with van der Waals surface area (Å²) in [6.07, 6.45) is 3.57. The maximum absolute atomic E-state index is 11.6. The molecule has 20 heavy (non-hydrogen) atoms. The molecule has 0 saturated heterocycles. The lowest BCUT2D eigenvalue weighted by atomic mass is 10.1. The van der Waals surface area contributed by atoms with E-state index in [0.717, 1.165) is 16.9 Å². The van der Waals surface area contributed by atoms with Gasteiger partial charge in [-0.05, 0) is 18.1 Å². The van der Waals surface area contributed by atoms with Crippen LogP contribution in [-0.4, -0.2) is 24.8 Å². The monoisotopic (exact) mass is 273 g/mol. The van der Waals surface area contributed by atoms with Gasteiger partial charge < -0.3 is 10.5 Å². The molecular formula is C15H19N3O2. The number of carbonyl (C=O) groups excluding carboxylic acids is 1. The molecule has 0 bridgehead atoms. The molecule has 0 radical (unpaired) electrons. The lowest BCUT2D eigenvalue weighted by molar-refractivity contribution is -0.123. The summed E-state index contributed by atoms with van der Waals surface area (Å²) in [5, 5.41) is 3.92. The van der Waals surface area contributed by atoms with Crippen molar-refractivity contribution in [3.05, 3.63) is 35.4 Å². The van der Waals surface area contributed by atoms with Gasteiger partial charge >= 0.3 is 0 Å². The zero-order valence-electron chi connectivity index (χ0n) is 11.7. The Kier molecular flexibility index (Phi) is 4.53. The number of carbonyl (C=O) groups is 1. The average Bonchev–Trinajstić information content (AvgIpc) is 2.46. The summed E-state index contributed by atoms with van der Waals surface area (Å²) in [5.74, 6) is 0.652. The number of amides is 1. The summed E-state index contributed by atoms with van der Waals surface area (Å²) in [5.41, 5.74) is 10.1. The zero-order chi connectivity index (χ0) is 14.5. The molecule has 3 N–H and O–H groups in total. The van der Waals surface area contributed by atoms with E-state index in [-0.39, 0.29) is 11.8 Å². The Bertz CT molecular complexity index is 550. The lowest BCUT2D eigenvalue weighted by Crippen LogP contribution is -2.42. The van der Waals surface area contributed by atoms with E-state index in [4.69, 9.17) is 10.5 Å². The molecule has 0 aromatic heterocycles. The Hall–Kier alpha value is -2.14. The second kappa shape index (κ2) is 6.34. The third-order valence-electron chi connectivity index (χ3n) is 3.08. The van der Waals surface area contributed by atoms with E-state index < -0.39 is 6.04 Å². The molecule has 5 heteroatoms. The van der Waals surface area contributed by atoms with Gasteiger partial charge in [-0.3, -0.25) is 4.79 Å². The summed E-state index contributed by atoms with van der Waals surface area (Å²) < 4.78 is 5.58. The van der Waals surface area contributed by atoms with E-state index in [1.807, 2.05) is 44.2 Å². The van der Waals surface area contributed by atoms with Crippen LogP contribution in [0.5, 0.6) is 5.75 Å². The average molecular weight is 273 g/mol. The van der Waals surface area contributed by atoms with Crippen LogP contribution in [0.2, 0.25) is 0 Å². The number of benzene rings is 1. The summed E-state index contributed by atoms with van der Waals surface area (Å²) in [6, 6.07) is 7.21. The number of fused-ring (bicyclic) bond motifs is 1. The number of rotatable bonds is 4. The van der Waals surface area contributed by atoms with E-state index in [9.17, 15) is 4.79 Å². The fraction of sp³-hybridized carbons (Fsp3) is 0.333. The molecule has 2 rings (SSSR count). The molecule has 1 aromatic carbocycles. The van der Waals surface area contributed by atoms with Crippen LogP contribution >= 0.6 is 0 Å². The van der Waals surface area contributed by atoms with Gasteiger partial charge in [0.25, 0.3) is 5.91 Å². The third-order valence-corrected chi connectivity index (χ3v) is 3.08. The second-order valence-corrected chi connectivity index (χ2v) is 5.05. The van der Waals surface area contributed by atoms with Crippen LogP contribution in [0.3, 0.4) is 0 Å². The molecule has 1 aliphatic rings. The van der Waals surface area contributed by atoms with Crippen LogP contribution in [0.4, 0.5) is 0 Å². The largest absolute Gasteiger partial charge is 0.488 e. The van der Waals surface area contributed by atoms with Crippen LogP contribution in [-0.2, 0) is 4.79 Å². The molecule has 0 unspecified atom stereocenters. The smallest absolute Gasteiger partial charge is 0.257 e.